The molecule has 5 rings (SSSR count). The van der Waals surface area contributed by atoms with Crippen molar-refractivity contribution in [2.24, 2.45) is 5.92 Å². The Morgan fingerprint density at radius 1 is 1.03 bits per heavy atom. The van der Waals surface area contributed by atoms with Crippen molar-refractivity contribution in [2.75, 3.05) is 25.0 Å². The van der Waals surface area contributed by atoms with Crippen LogP contribution in [0.4, 0.5) is 11.6 Å². The number of aromatic nitrogens is 6. The van der Waals surface area contributed by atoms with Gasteiger partial charge < -0.3 is 15.4 Å². The van der Waals surface area contributed by atoms with Crippen molar-refractivity contribution in [3.8, 4) is 11.5 Å². The summed E-state index contributed by atoms with van der Waals surface area (Å²) in [5.41, 5.74) is 2.79. The number of pyridine rings is 2. The first kappa shape index (κ1) is 23.4. The predicted octanol–water partition coefficient (Wildman–Crippen LogP) is 3.13. The maximum Gasteiger partial charge on any atom is 0.356 e. The van der Waals surface area contributed by atoms with E-state index >= 15 is 0 Å². The molecule has 0 aromatic carbocycles. The van der Waals surface area contributed by atoms with Crippen molar-refractivity contribution >= 4 is 17.6 Å². The van der Waals surface area contributed by atoms with Gasteiger partial charge in [-0.2, -0.15) is 0 Å². The van der Waals surface area contributed by atoms with Crippen LogP contribution >= 0.6 is 0 Å². The highest BCUT2D eigenvalue weighted by molar-refractivity contribution is 5.87. The van der Waals surface area contributed by atoms with Gasteiger partial charge in [0, 0.05) is 43.2 Å². The van der Waals surface area contributed by atoms with Gasteiger partial charge in [-0.1, -0.05) is 12.1 Å². The fraction of sp³-hybridized carbons (Fsp3) is 0.269. The summed E-state index contributed by atoms with van der Waals surface area (Å²) >= 11 is 0. The van der Waals surface area contributed by atoms with Crippen LogP contribution in [0.3, 0.4) is 0 Å². The minimum atomic E-state index is -0.402. The minimum Gasteiger partial charge on any atom is -0.461 e. The number of aryl methyl sites for hydroxylation is 1. The molecule has 2 N–H and O–H groups in total. The summed E-state index contributed by atoms with van der Waals surface area (Å²) in [6.07, 6.45) is 6.51. The molecule has 0 radical (unpaired) electrons. The van der Waals surface area contributed by atoms with Crippen LogP contribution in [0.5, 0.6) is 0 Å². The SMILES string of the molecule is Cc1cccc(-c2nccc(Nc3ccnc(Cc4ccc(C(=O)OC[C@@H]5CCNC5)nc4)n3)n2)n1. The Morgan fingerprint density at radius 2 is 1.89 bits per heavy atom. The van der Waals surface area contributed by atoms with Gasteiger partial charge in [0.15, 0.2) is 5.82 Å². The normalized spacial score (nSPS) is 15.0. The molecule has 0 amide bonds. The molecule has 0 unspecified atom stereocenters. The van der Waals surface area contributed by atoms with E-state index in [-0.39, 0.29) is 0 Å². The lowest BCUT2D eigenvalue weighted by molar-refractivity contribution is 0.0443. The lowest BCUT2D eigenvalue weighted by Gasteiger charge is -2.09. The maximum absolute atomic E-state index is 12.3. The minimum absolute atomic E-state index is 0.295. The molecule has 10 heteroatoms. The summed E-state index contributed by atoms with van der Waals surface area (Å²) in [5.74, 6) is 2.32. The number of rotatable bonds is 8. The van der Waals surface area contributed by atoms with Gasteiger partial charge in [-0.15, -0.1) is 0 Å². The maximum atomic E-state index is 12.3. The van der Waals surface area contributed by atoms with Crippen molar-refractivity contribution in [1.82, 2.24) is 35.2 Å². The molecular weight excluding hydrogens is 456 g/mol. The second-order valence-electron chi connectivity index (χ2n) is 8.60. The summed E-state index contributed by atoms with van der Waals surface area (Å²) in [4.78, 5) is 38.9. The molecule has 1 atom stereocenters. The predicted molar refractivity (Wildman–Crippen MR) is 134 cm³/mol. The van der Waals surface area contributed by atoms with Crippen LogP contribution < -0.4 is 10.6 Å². The van der Waals surface area contributed by atoms with E-state index in [1.54, 1.807) is 36.8 Å². The molecule has 5 heterocycles. The van der Waals surface area contributed by atoms with Gasteiger partial charge in [0.05, 0.1) is 6.61 Å². The average Bonchev–Trinajstić information content (AvgIpc) is 3.42. The van der Waals surface area contributed by atoms with Crippen LogP contribution in [0.2, 0.25) is 0 Å². The Hall–Kier alpha value is -4.31. The molecule has 0 aliphatic carbocycles. The molecule has 1 aliphatic heterocycles. The highest BCUT2D eigenvalue weighted by Gasteiger charge is 2.18. The Morgan fingerprint density at radius 3 is 2.67 bits per heavy atom. The number of hydrogen-bond acceptors (Lipinski definition) is 10. The van der Waals surface area contributed by atoms with Crippen LogP contribution in [-0.2, 0) is 11.2 Å². The summed E-state index contributed by atoms with van der Waals surface area (Å²) in [5, 5.41) is 6.47. The van der Waals surface area contributed by atoms with Gasteiger partial charge >= 0.3 is 5.97 Å². The number of hydrogen-bond donors (Lipinski definition) is 2. The number of anilines is 2. The van der Waals surface area contributed by atoms with Crippen molar-refractivity contribution in [3.05, 3.63) is 83.8 Å². The van der Waals surface area contributed by atoms with E-state index in [4.69, 9.17) is 4.74 Å². The van der Waals surface area contributed by atoms with Crippen molar-refractivity contribution < 1.29 is 9.53 Å². The van der Waals surface area contributed by atoms with Crippen molar-refractivity contribution in [3.63, 3.8) is 0 Å². The van der Waals surface area contributed by atoms with E-state index < -0.39 is 5.97 Å². The van der Waals surface area contributed by atoms with Crippen LogP contribution in [0.25, 0.3) is 11.5 Å². The molecule has 1 aliphatic rings. The van der Waals surface area contributed by atoms with E-state index in [0.717, 1.165) is 30.8 Å². The van der Waals surface area contributed by atoms with E-state index in [9.17, 15) is 4.79 Å². The summed E-state index contributed by atoms with van der Waals surface area (Å²) in [6.45, 7) is 4.20. The van der Waals surface area contributed by atoms with Crippen LogP contribution in [0, 0.1) is 12.8 Å². The fourth-order valence-corrected chi connectivity index (χ4v) is 3.86. The fourth-order valence-electron chi connectivity index (χ4n) is 3.86. The summed E-state index contributed by atoms with van der Waals surface area (Å²) in [6, 6.07) is 12.8. The number of carbonyl (C=O) groups excluding carboxylic acids is 1. The van der Waals surface area contributed by atoms with E-state index in [1.807, 2.05) is 31.2 Å². The lowest BCUT2D eigenvalue weighted by atomic mass is 10.1. The monoisotopic (exact) mass is 482 g/mol. The smallest absolute Gasteiger partial charge is 0.356 e. The second-order valence-corrected chi connectivity index (χ2v) is 8.60. The third-order valence-corrected chi connectivity index (χ3v) is 5.74. The Labute approximate surface area is 208 Å². The topological polar surface area (TPSA) is 128 Å². The Bertz CT molecular complexity index is 1340. The van der Waals surface area contributed by atoms with Crippen LogP contribution in [0.1, 0.15) is 34.0 Å². The third kappa shape index (κ3) is 6.02. The molecule has 4 aromatic rings. The first-order valence-electron chi connectivity index (χ1n) is 11.8. The first-order valence-corrected chi connectivity index (χ1v) is 11.8. The van der Waals surface area contributed by atoms with E-state index in [1.165, 1.54) is 0 Å². The molecule has 1 saturated heterocycles. The van der Waals surface area contributed by atoms with Crippen molar-refractivity contribution in [2.45, 2.75) is 19.8 Å². The Kier molecular flexibility index (Phi) is 7.13. The van der Waals surface area contributed by atoms with Gasteiger partial charge in [-0.3, -0.25) is 0 Å². The highest BCUT2D eigenvalue weighted by Crippen LogP contribution is 2.17. The van der Waals surface area contributed by atoms with Gasteiger partial charge in [0.2, 0.25) is 0 Å². The third-order valence-electron chi connectivity index (χ3n) is 5.74. The average molecular weight is 483 g/mol. The van der Waals surface area contributed by atoms with Crippen LogP contribution in [0.15, 0.2) is 61.1 Å². The zero-order valence-corrected chi connectivity index (χ0v) is 19.9. The van der Waals surface area contributed by atoms with Gasteiger partial charge in [0.25, 0.3) is 0 Å². The zero-order chi connectivity index (χ0) is 24.7. The molecule has 0 bridgehead atoms. The number of esters is 1. The standard InChI is InChI=1S/C26H26N8O2/c1-17-3-2-4-20(31-17)25-29-12-9-23(34-25)32-22-8-11-28-24(33-22)13-18-5-6-21(30-15-18)26(35)36-16-19-7-10-27-14-19/h2-6,8-9,11-12,15,19,27H,7,10,13-14,16H2,1H3,(H,28,29,32,33,34)/t19-/m1/s1. The van der Waals surface area contributed by atoms with E-state index in [2.05, 4.69) is 40.5 Å². The first-order chi connectivity index (χ1) is 17.6. The van der Waals surface area contributed by atoms with Crippen molar-refractivity contribution in [1.29, 1.82) is 0 Å². The number of ether oxygens (including phenoxy) is 1. The molecule has 10 nitrogen and oxygen atoms in total. The number of nitrogens with one attached hydrogen (secondary N) is 2. The molecule has 0 spiro atoms. The number of carbonyl (C=O) groups is 1. The van der Waals surface area contributed by atoms with E-state index in [0.29, 0.717) is 53.6 Å². The quantitative estimate of drug-likeness (QED) is 0.362. The molecule has 0 saturated carbocycles. The summed E-state index contributed by atoms with van der Waals surface area (Å²) in [7, 11) is 0. The second kappa shape index (κ2) is 11.0. The largest absolute Gasteiger partial charge is 0.461 e. The highest BCUT2D eigenvalue weighted by atomic mass is 16.5. The number of nitrogens with zero attached hydrogens (tertiary/aromatic N) is 6. The lowest BCUT2D eigenvalue weighted by Crippen LogP contribution is -2.17. The van der Waals surface area contributed by atoms with Gasteiger partial charge in [-0.25, -0.2) is 34.7 Å². The van der Waals surface area contributed by atoms with Crippen LogP contribution in [-0.4, -0.2) is 55.6 Å². The Balaban J connectivity index is 1.21. The molecule has 4 aromatic heterocycles. The van der Waals surface area contributed by atoms with Gasteiger partial charge in [-0.05, 0) is 55.8 Å². The molecular formula is C26H26N8O2. The van der Waals surface area contributed by atoms with Gasteiger partial charge in [0.1, 0.15) is 28.8 Å². The molecule has 36 heavy (non-hydrogen) atoms. The molecule has 1 fully saturated rings. The molecule has 182 valence electrons. The zero-order valence-electron chi connectivity index (χ0n) is 19.9. The summed E-state index contributed by atoms with van der Waals surface area (Å²) < 4.78 is 5.40.